The monoisotopic (exact) mass is 360 g/mol. The Kier molecular flexibility index (Phi) is 4.43. The summed E-state index contributed by atoms with van der Waals surface area (Å²) in [5, 5.41) is 7.69. The van der Waals surface area contributed by atoms with E-state index in [0.29, 0.717) is 29.5 Å². The van der Waals surface area contributed by atoms with Crippen molar-refractivity contribution in [3.8, 4) is 0 Å². The van der Waals surface area contributed by atoms with Gasteiger partial charge in [0, 0.05) is 49.2 Å². The zero-order valence-electron chi connectivity index (χ0n) is 16.5. The first-order chi connectivity index (χ1) is 12.7. The maximum atomic E-state index is 6.14. The Morgan fingerprint density at radius 2 is 1.77 bits per heavy atom. The van der Waals surface area contributed by atoms with Crippen LogP contribution in [0.1, 0.15) is 64.2 Å². The van der Waals surface area contributed by atoms with E-state index in [2.05, 4.69) is 27.6 Å². The lowest BCUT2D eigenvalue weighted by atomic mass is 9.54. The third kappa shape index (κ3) is 2.61. The number of guanidine groups is 1. The number of hydrogen-bond acceptors (Lipinski definition) is 3. The predicted octanol–water partition coefficient (Wildman–Crippen LogP) is 2.51. The summed E-state index contributed by atoms with van der Waals surface area (Å²) in [7, 11) is 4.27. The molecule has 0 aromatic rings. The highest BCUT2D eigenvalue weighted by molar-refractivity contribution is 5.80. The molecule has 2 N–H and O–H groups in total. The van der Waals surface area contributed by atoms with Gasteiger partial charge in [-0.3, -0.25) is 4.99 Å². The van der Waals surface area contributed by atoms with Crippen molar-refractivity contribution >= 4 is 5.96 Å². The van der Waals surface area contributed by atoms with Crippen LogP contribution < -0.4 is 10.6 Å². The molecular weight excluding hydrogens is 324 g/mol. The van der Waals surface area contributed by atoms with Crippen LogP contribution in [0.25, 0.3) is 0 Å². The third-order valence-electron chi connectivity index (χ3n) is 8.48. The van der Waals surface area contributed by atoms with E-state index in [4.69, 9.17) is 4.74 Å². The number of fused-ring (bicyclic) bond motifs is 4. The van der Waals surface area contributed by atoms with Gasteiger partial charge in [0.1, 0.15) is 0 Å². The summed E-state index contributed by atoms with van der Waals surface area (Å²) in [6.07, 6.45) is 13.8. The van der Waals surface area contributed by atoms with Crippen LogP contribution in [0.4, 0.5) is 0 Å². The minimum absolute atomic E-state index is 0.391. The summed E-state index contributed by atoms with van der Waals surface area (Å²) >= 11 is 0. The fourth-order valence-electron chi connectivity index (χ4n) is 7.15. The lowest BCUT2D eigenvalue weighted by Crippen LogP contribution is -2.70. The average molecular weight is 361 g/mol. The van der Waals surface area contributed by atoms with E-state index in [0.717, 1.165) is 24.7 Å². The van der Waals surface area contributed by atoms with Crippen molar-refractivity contribution in [2.75, 3.05) is 20.7 Å². The van der Waals surface area contributed by atoms with Gasteiger partial charge in [0.25, 0.3) is 0 Å². The smallest absolute Gasteiger partial charge is 0.191 e. The molecule has 0 amide bonds. The molecule has 5 rings (SSSR count). The highest BCUT2D eigenvalue weighted by Crippen LogP contribution is 2.60. The van der Waals surface area contributed by atoms with Gasteiger partial charge >= 0.3 is 0 Å². The lowest BCUT2D eigenvalue weighted by molar-refractivity contribution is -0.125. The van der Waals surface area contributed by atoms with Crippen LogP contribution in [0.2, 0.25) is 0 Å². The van der Waals surface area contributed by atoms with Gasteiger partial charge in [0.2, 0.25) is 0 Å². The second-order valence-electron chi connectivity index (χ2n) is 9.60. The van der Waals surface area contributed by atoms with Crippen LogP contribution in [0.15, 0.2) is 4.99 Å². The highest BCUT2D eigenvalue weighted by Gasteiger charge is 2.65. The molecule has 0 radical (unpaired) electrons. The molecular formula is C21H36N4O. The largest absolute Gasteiger partial charge is 0.377 e. The molecule has 0 aromatic heterocycles. The number of nitrogens with zero attached hydrogens (tertiary/aromatic N) is 2. The topological polar surface area (TPSA) is 48.9 Å². The first kappa shape index (κ1) is 17.3. The number of piperidine rings is 2. The number of aliphatic imine (C=N–C) groups is 1. The maximum absolute atomic E-state index is 6.14. The van der Waals surface area contributed by atoms with Gasteiger partial charge in [-0.1, -0.05) is 19.3 Å². The van der Waals surface area contributed by atoms with E-state index in [1.807, 2.05) is 7.05 Å². The van der Waals surface area contributed by atoms with Crippen LogP contribution in [0, 0.1) is 11.3 Å². The molecule has 5 fully saturated rings. The van der Waals surface area contributed by atoms with E-state index in [1.165, 1.54) is 64.2 Å². The molecule has 5 nitrogen and oxygen atoms in total. The Morgan fingerprint density at radius 1 is 1.04 bits per heavy atom. The molecule has 1 spiro atoms. The molecule has 5 aliphatic rings. The summed E-state index contributed by atoms with van der Waals surface area (Å²) in [4.78, 5) is 7.26. The first-order valence-corrected chi connectivity index (χ1v) is 11.0. The maximum Gasteiger partial charge on any atom is 0.191 e. The van der Waals surface area contributed by atoms with Crippen LogP contribution in [0.3, 0.4) is 0 Å². The number of nitrogens with one attached hydrogen (secondary N) is 2. The van der Waals surface area contributed by atoms with E-state index in [1.54, 1.807) is 0 Å². The minimum Gasteiger partial charge on any atom is -0.377 e. The van der Waals surface area contributed by atoms with Gasteiger partial charge < -0.3 is 20.3 Å². The van der Waals surface area contributed by atoms with Crippen LogP contribution in [-0.2, 0) is 4.74 Å². The van der Waals surface area contributed by atoms with Crippen LogP contribution in [-0.4, -0.2) is 61.8 Å². The SMILES string of the molecule is CN=C(NC1CC2CCCC(C1)N2C)NC1C2CCOC2C12CCCC2. The van der Waals surface area contributed by atoms with E-state index >= 15 is 0 Å². The predicted molar refractivity (Wildman–Crippen MR) is 104 cm³/mol. The van der Waals surface area contributed by atoms with Gasteiger partial charge in [-0.15, -0.1) is 0 Å². The summed E-state index contributed by atoms with van der Waals surface area (Å²) < 4.78 is 6.14. The standard InChI is InChI=1S/C21H36N4O/c1-22-20(23-14-12-15-6-5-7-16(13-14)25(15)2)24-18-17-8-11-26-19(17)21(18)9-3-4-10-21/h14-19H,3-13H2,1-2H3,(H2,22,23,24). The van der Waals surface area contributed by atoms with Crippen LogP contribution >= 0.6 is 0 Å². The van der Waals surface area contributed by atoms with E-state index in [9.17, 15) is 0 Å². The Morgan fingerprint density at radius 3 is 2.46 bits per heavy atom. The highest BCUT2D eigenvalue weighted by atomic mass is 16.5. The molecule has 26 heavy (non-hydrogen) atoms. The fraction of sp³-hybridized carbons (Fsp3) is 0.952. The Balaban J connectivity index is 1.25. The average Bonchev–Trinajstić information content (AvgIpc) is 3.28. The van der Waals surface area contributed by atoms with Crippen molar-refractivity contribution in [3.63, 3.8) is 0 Å². The Hall–Kier alpha value is -0.810. The molecule has 5 atom stereocenters. The fourth-order valence-corrected chi connectivity index (χ4v) is 7.15. The minimum atomic E-state index is 0.391. The summed E-state index contributed by atoms with van der Waals surface area (Å²) in [5.74, 6) is 1.74. The van der Waals surface area contributed by atoms with Crippen molar-refractivity contribution < 1.29 is 4.74 Å². The van der Waals surface area contributed by atoms with E-state index in [-0.39, 0.29) is 0 Å². The van der Waals surface area contributed by atoms with Crippen molar-refractivity contribution in [1.82, 2.24) is 15.5 Å². The molecule has 5 heteroatoms. The zero-order chi connectivity index (χ0) is 17.7. The summed E-state index contributed by atoms with van der Waals surface area (Å²) in [5.41, 5.74) is 0.391. The van der Waals surface area contributed by atoms with Gasteiger partial charge in [-0.2, -0.15) is 0 Å². The molecule has 3 heterocycles. The van der Waals surface area contributed by atoms with Gasteiger partial charge in [-0.05, 0) is 52.0 Å². The third-order valence-corrected chi connectivity index (χ3v) is 8.48. The lowest BCUT2D eigenvalue weighted by Gasteiger charge is -2.57. The number of rotatable bonds is 2. The van der Waals surface area contributed by atoms with E-state index < -0.39 is 0 Å². The number of ether oxygens (including phenoxy) is 1. The quantitative estimate of drug-likeness (QED) is 0.587. The summed E-state index contributed by atoms with van der Waals surface area (Å²) in [6.45, 7) is 0.958. The van der Waals surface area contributed by atoms with Crippen molar-refractivity contribution in [3.05, 3.63) is 0 Å². The number of hydrogen-bond donors (Lipinski definition) is 2. The molecule has 2 saturated carbocycles. The van der Waals surface area contributed by atoms with Crippen molar-refractivity contribution in [2.24, 2.45) is 16.3 Å². The van der Waals surface area contributed by atoms with Crippen molar-refractivity contribution in [2.45, 2.75) is 94.5 Å². The van der Waals surface area contributed by atoms with Gasteiger partial charge in [0.15, 0.2) is 5.96 Å². The molecule has 2 aliphatic carbocycles. The van der Waals surface area contributed by atoms with Crippen LogP contribution in [0.5, 0.6) is 0 Å². The second-order valence-corrected chi connectivity index (χ2v) is 9.60. The molecule has 3 saturated heterocycles. The first-order valence-electron chi connectivity index (χ1n) is 11.0. The molecule has 5 unspecified atom stereocenters. The molecule has 146 valence electrons. The van der Waals surface area contributed by atoms with Gasteiger partial charge in [0.05, 0.1) is 6.10 Å². The second kappa shape index (κ2) is 6.66. The van der Waals surface area contributed by atoms with Gasteiger partial charge in [-0.25, -0.2) is 0 Å². The normalized spacial score (nSPS) is 44.6. The summed E-state index contributed by atoms with van der Waals surface area (Å²) in [6, 6.07) is 2.66. The molecule has 2 bridgehead atoms. The Bertz CT molecular complexity index is 544. The molecule has 0 aromatic carbocycles. The molecule has 3 aliphatic heterocycles. The van der Waals surface area contributed by atoms with Crippen molar-refractivity contribution in [1.29, 1.82) is 0 Å². The zero-order valence-corrected chi connectivity index (χ0v) is 16.5. The Labute approximate surface area is 158 Å².